The highest BCUT2D eigenvalue weighted by molar-refractivity contribution is 7.18. The van der Waals surface area contributed by atoms with Crippen LogP contribution < -0.4 is 0 Å². The van der Waals surface area contributed by atoms with E-state index in [1.165, 1.54) is 4.88 Å². The maximum absolute atomic E-state index is 10.2. The van der Waals surface area contributed by atoms with Crippen molar-refractivity contribution >= 4 is 21.6 Å². The van der Waals surface area contributed by atoms with Crippen molar-refractivity contribution < 1.29 is 5.11 Å². The molecule has 4 nitrogen and oxygen atoms in total. The highest BCUT2D eigenvalue weighted by Crippen LogP contribution is 2.36. The van der Waals surface area contributed by atoms with Gasteiger partial charge in [0.2, 0.25) is 5.88 Å². The summed E-state index contributed by atoms with van der Waals surface area (Å²) in [5, 5.41) is 11.0. The third-order valence-electron chi connectivity index (χ3n) is 3.13. The Morgan fingerprint density at radius 2 is 1.95 bits per heavy atom. The van der Waals surface area contributed by atoms with Crippen LogP contribution in [0.5, 0.6) is 5.88 Å². The highest BCUT2D eigenvalue weighted by atomic mass is 32.1. The van der Waals surface area contributed by atoms with Crippen LogP contribution in [-0.4, -0.2) is 20.1 Å². The van der Waals surface area contributed by atoms with E-state index in [1.54, 1.807) is 23.7 Å². The Morgan fingerprint density at radius 3 is 2.63 bits per heavy atom. The minimum atomic E-state index is 0.0676. The van der Waals surface area contributed by atoms with Gasteiger partial charge in [0.1, 0.15) is 4.83 Å². The zero-order valence-corrected chi connectivity index (χ0v) is 11.5. The van der Waals surface area contributed by atoms with Crippen molar-refractivity contribution in [3.8, 4) is 17.3 Å². The summed E-state index contributed by atoms with van der Waals surface area (Å²) >= 11 is 1.60. The number of hydrogen-bond acceptors (Lipinski definition) is 5. The molecule has 0 radical (unpaired) electrons. The first-order valence-electron chi connectivity index (χ1n) is 6.10. The molecule has 0 amide bonds. The van der Waals surface area contributed by atoms with Crippen LogP contribution >= 0.6 is 11.3 Å². The fourth-order valence-electron chi connectivity index (χ4n) is 2.21. The van der Waals surface area contributed by atoms with Crippen molar-refractivity contribution in [2.24, 2.45) is 0 Å². The predicted molar refractivity (Wildman–Crippen MR) is 76.4 cm³/mol. The molecule has 1 N–H and O–H groups in total. The molecule has 0 aliphatic heterocycles. The smallest absolute Gasteiger partial charge is 0.223 e. The molecule has 0 saturated heterocycles. The van der Waals surface area contributed by atoms with Gasteiger partial charge in [-0.25, -0.2) is 4.98 Å². The fourth-order valence-corrected chi connectivity index (χ4v) is 3.31. The van der Waals surface area contributed by atoms with E-state index < -0.39 is 0 Å². The van der Waals surface area contributed by atoms with E-state index in [0.29, 0.717) is 5.82 Å². The summed E-state index contributed by atoms with van der Waals surface area (Å²) in [6, 6.07) is 3.67. The van der Waals surface area contributed by atoms with Gasteiger partial charge in [-0.1, -0.05) is 6.92 Å². The lowest BCUT2D eigenvalue weighted by molar-refractivity contribution is 0.460. The molecule has 0 aromatic carbocycles. The SMILES string of the molecule is CCc1c(C)sc2nc(-c3ccncc3)nc(O)c12. The number of pyridine rings is 1. The van der Waals surface area contributed by atoms with Crippen LogP contribution in [0.3, 0.4) is 0 Å². The minimum Gasteiger partial charge on any atom is -0.493 e. The molecule has 96 valence electrons. The predicted octanol–water partition coefficient (Wildman–Crippen LogP) is 3.33. The summed E-state index contributed by atoms with van der Waals surface area (Å²) in [7, 11) is 0. The van der Waals surface area contributed by atoms with Crippen LogP contribution in [0.15, 0.2) is 24.5 Å². The molecular formula is C14H13N3OS. The monoisotopic (exact) mass is 271 g/mol. The van der Waals surface area contributed by atoms with E-state index in [9.17, 15) is 5.11 Å². The first-order valence-corrected chi connectivity index (χ1v) is 6.91. The van der Waals surface area contributed by atoms with Gasteiger partial charge in [-0.2, -0.15) is 4.98 Å². The largest absolute Gasteiger partial charge is 0.493 e. The Bertz CT molecular complexity index is 737. The minimum absolute atomic E-state index is 0.0676. The summed E-state index contributed by atoms with van der Waals surface area (Å²) in [4.78, 5) is 14.8. The van der Waals surface area contributed by atoms with Gasteiger partial charge in [-0.05, 0) is 31.0 Å². The summed E-state index contributed by atoms with van der Waals surface area (Å²) in [5.41, 5.74) is 2.00. The summed E-state index contributed by atoms with van der Waals surface area (Å²) in [5.74, 6) is 0.606. The van der Waals surface area contributed by atoms with E-state index in [-0.39, 0.29) is 5.88 Å². The Morgan fingerprint density at radius 1 is 1.21 bits per heavy atom. The molecule has 3 aromatic heterocycles. The van der Waals surface area contributed by atoms with Gasteiger partial charge < -0.3 is 5.11 Å². The zero-order chi connectivity index (χ0) is 13.4. The molecule has 5 heteroatoms. The zero-order valence-electron chi connectivity index (χ0n) is 10.7. The van der Waals surface area contributed by atoms with Gasteiger partial charge in [0.15, 0.2) is 5.82 Å². The van der Waals surface area contributed by atoms with Gasteiger partial charge in [-0.15, -0.1) is 11.3 Å². The number of nitrogens with zero attached hydrogens (tertiary/aromatic N) is 3. The molecule has 0 aliphatic carbocycles. The Balaban J connectivity index is 2.26. The Kier molecular flexibility index (Phi) is 2.91. The van der Waals surface area contributed by atoms with Crippen LogP contribution in [0.4, 0.5) is 0 Å². The van der Waals surface area contributed by atoms with Crippen molar-refractivity contribution in [3.05, 3.63) is 35.0 Å². The first kappa shape index (κ1) is 12.0. The van der Waals surface area contributed by atoms with Crippen molar-refractivity contribution in [2.75, 3.05) is 0 Å². The van der Waals surface area contributed by atoms with Crippen molar-refractivity contribution in [1.82, 2.24) is 15.0 Å². The van der Waals surface area contributed by atoms with Gasteiger partial charge >= 0.3 is 0 Å². The quantitative estimate of drug-likeness (QED) is 0.776. The molecule has 0 spiro atoms. The summed E-state index contributed by atoms with van der Waals surface area (Å²) < 4.78 is 0. The molecule has 3 rings (SSSR count). The second-order valence-electron chi connectivity index (χ2n) is 4.28. The van der Waals surface area contributed by atoms with Crippen molar-refractivity contribution in [2.45, 2.75) is 20.3 Å². The Hall–Kier alpha value is -2.01. The second kappa shape index (κ2) is 4.59. The third-order valence-corrected chi connectivity index (χ3v) is 4.17. The van der Waals surface area contributed by atoms with E-state index in [2.05, 4.69) is 28.8 Å². The number of thiophene rings is 1. The van der Waals surface area contributed by atoms with E-state index >= 15 is 0 Å². The van der Waals surface area contributed by atoms with Gasteiger partial charge in [-0.3, -0.25) is 4.98 Å². The molecule has 3 heterocycles. The maximum atomic E-state index is 10.2. The number of aromatic hydroxyl groups is 1. The average molecular weight is 271 g/mol. The van der Waals surface area contributed by atoms with Crippen molar-refractivity contribution in [3.63, 3.8) is 0 Å². The van der Waals surface area contributed by atoms with E-state index in [1.807, 2.05) is 12.1 Å². The average Bonchev–Trinajstić information content (AvgIpc) is 2.75. The van der Waals surface area contributed by atoms with Crippen LogP contribution in [0.1, 0.15) is 17.4 Å². The van der Waals surface area contributed by atoms with Gasteiger partial charge in [0.25, 0.3) is 0 Å². The molecule has 0 aliphatic rings. The first-order chi connectivity index (χ1) is 9.20. The van der Waals surface area contributed by atoms with E-state index in [0.717, 1.165) is 27.8 Å². The van der Waals surface area contributed by atoms with Gasteiger partial charge in [0.05, 0.1) is 5.39 Å². The highest BCUT2D eigenvalue weighted by Gasteiger charge is 2.16. The molecule has 3 aromatic rings. The maximum Gasteiger partial charge on any atom is 0.223 e. The number of hydrogen-bond donors (Lipinski definition) is 1. The molecule has 0 atom stereocenters. The molecule has 0 fully saturated rings. The topological polar surface area (TPSA) is 58.9 Å². The summed E-state index contributed by atoms with van der Waals surface area (Å²) in [6.45, 7) is 4.13. The van der Waals surface area contributed by atoms with Crippen LogP contribution in [0.2, 0.25) is 0 Å². The number of aromatic nitrogens is 3. The van der Waals surface area contributed by atoms with Crippen LogP contribution in [-0.2, 0) is 6.42 Å². The van der Waals surface area contributed by atoms with Crippen LogP contribution in [0, 0.1) is 6.92 Å². The molecule has 0 saturated carbocycles. The molecule has 0 bridgehead atoms. The molecule has 19 heavy (non-hydrogen) atoms. The lowest BCUT2D eigenvalue weighted by Crippen LogP contribution is -1.91. The molecular weight excluding hydrogens is 258 g/mol. The second-order valence-corrected chi connectivity index (χ2v) is 5.48. The fraction of sp³-hybridized carbons (Fsp3) is 0.214. The molecule has 0 unspecified atom stereocenters. The lowest BCUT2D eigenvalue weighted by atomic mass is 10.1. The van der Waals surface area contributed by atoms with E-state index in [4.69, 9.17) is 0 Å². The van der Waals surface area contributed by atoms with Crippen molar-refractivity contribution in [1.29, 1.82) is 0 Å². The lowest BCUT2D eigenvalue weighted by Gasteiger charge is -2.02. The van der Waals surface area contributed by atoms with Crippen LogP contribution in [0.25, 0.3) is 21.6 Å². The number of rotatable bonds is 2. The number of fused-ring (bicyclic) bond motifs is 1. The number of aryl methyl sites for hydroxylation is 2. The summed E-state index contributed by atoms with van der Waals surface area (Å²) in [6.07, 6.45) is 4.26. The van der Waals surface area contributed by atoms with Gasteiger partial charge in [0, 0.05) is 22.8 Å². The Labute approximate surface area is 114 Å². The third kappa shape index (κ3) is 1.96. The normalized spacial score (nSPS) is 11.1. The standard InChI is InChI=1S/C14H13N3OS/c1-3-10-8(2)19-14-11(10)13(18)16-12(17-14)9-4-6-15-7-5-9/h4-7H,3H2,1-2H3,(H,16,17,18).